The SMILES string of the molecule is CCCC(=O)OCc1cccc(-c2ccccc2COC(=O)CCC)c1. The molecule has 0 amide bonds. The second kappa shape index (κ2) is 10.4. The number of hydrogen-bond acceptors (Lipinski definition) is 4. The Bertz CT molecular complexity index is 736. The van der Waals surface area contributed by atoms with Gasteiger partial charge in [0.15, 0.2) is 0 Å². The monoisotopic (exact) mass is 354 g/mol. The zero-order valence-electron chi connectivity index (χ0n) is 15.5. The van der Waals surface area contributed by atoms with Crippen LogP contribution in [-0.4, -0.2) is 11.9 Å². The molecule has 0 unspecified atom stereocenters. The first-order valence-electron chi connectivity index (χ1n) is 9.12. The van der Waals surface area contributed by atoms with Gasteiger partial charge in [-0.1, -0.05) is 56.3 Å². The fourth-order valence-corrected chi connectivity index (χ4v) is 2.63. The number of esters is 2. The molecule has 138 valence electrons. The largest absolute Gasteiger partial charge is 0.461 e. The molecule has 0 spiro atoms. The average Bonchev–Trinajstić information content (AvgIpc) is 2.66. The van der Waals surface area contributed by atoms with Gasteiger partial charge in [-0.15, -0.1) is 0 Å². The second-order valence-corrected chi connectivity index (χ2v) is 6.18. The molecule has 2 rings (SSSR count). The highest BCUT2D eigenvalue weighted by molar-refractivity contribution is 5.71. The zero-order chi connectivity index (χ0) is 18.8. The molecule has 4 heteroatoms. The van der Waals surface area contributed by atoms with Crippen LogP contribution in [0.4, 0.5) is 0 Å². The minimum atomic E-state index is -0.182. The minimum absolute atomic E-state index is 0.180. The first-order chi connectivity index (χ1) is 12.6. The lowest BCUT2D eigenvalue weighted by Gasteiger charge is -2.12. The van der Waals surface area contributed by atoms with Crippen LogP contribution in [0.25, 0.3) is 11.1 Å². The van der Waals surface area contributed by atoms with Crippen molar-refractivity contribution in [1.82, 2.24) is 0 Å². The van der Waals surface area contributed by atoms with Crippen molar-refractivity contribution >= 4 is 11.9 Å². The van der Waals surface area contributed by atoms with Crippen molar-refractivity contribution in [2.75, 3.05) is 0 Å². The van der Waals surface area contributed by atoms with E-state index >= 15 is 0 Å². The van der Waals surface area contributed by atoms with Crippen molar-refractivity contribution in [1.29, 1.82) is 0 Å². The summed E-state index contributed by atoms with van der Waals surface area (Å²) >= 11 is 0. The lowest BCUT2D eigenvalue weighted by atomic mass is 9.98. The van der Waals surface area contributed by atoms with Crippen LogP contribution >= 0.6 is 0 Å². The van der Waals surface area contributed by atoms with Crippen molar-refractivity contribution in [2.45, 2.75) is 52.7 Å². The molecule has 4 nitrogen and oxygen atoms in total. The van der Waals surface area contributed by atoms with E-state index in [-0.39, 0.29) is 25.2 Å². The van der Waals surface area contributed by atoms with E-state index in [0.29, 0.717) is 12.8 Å². The van der Waals surface area contributed by atoms with Crippen LogP contribution in [0.1, 0.15) is 50.7 Å². The van der Waals surface area contributed by atoms with Crippen molar-refractivity contribution in [3.8, 4) is 11.1 Å². The van der Waals surface area contributed by atoms with Gasteiger partial charge in [-0.3, -0.25) is 9.59 Å². The number of benzene rings is 2. The van der Waals surface area contributed by atoms with Crippen molar-refractivity contribution in [2.24, 2.45) is 0 Å². The fourth-order valence-electron chi connectivity index (χ4n) is 2.63. The van der Waals surface area contributed by atoms with Gasteiger partial charge in [0.05, 0.1) is 0 Å². The maximum Gasteiger partial charge on any atom is 0.306 e. The molecule has 2 aromatic carbocycles. The van der Waals surface area contributed by atoms with Gasteiger partial charge in [-0.2, -0.15) is 0 Å². The first kappa shape index (κ1) is 19.7. The van der Waals surface area contributed by atoms with Gasteiger partial charge >= 0.3 is 11.9 Å². The molecule has 26 heavy (non-hydrogen) atoms. The van der Waals surface area contributed by atoms with Gasteiger partial charge in [0, 0.05) is 12.8 Å². The van der Waals surface area contributed by atoms with Crippen LogP contribution < -0.4 is 0 Å². The number of rotatable bonds is 9. The van der Waals surface area contributed by atoms with E-state index in [1.54, 1.807) is 0 Å². The van der Waals surface area contributed by atoms with Crippen molar-refractivity contribution in [3.05, 3.63) is 59.7 Å². The van der Waals surface area contributed by atoms with Gasteiger partial charge in [-0.05, 0) is 41.2 Å². The Morgan fingerprint density at radius 2 is 1.46 bits per heavy atom. The van der Waals surface area contributed by atoms with E-state index in [9.17, 15) is 9.59 Å². The van der Waals surface area contributed by atoms with Gasteiger partial charge in [0.25, 0.3) is 0 Å². The Labute approximate surface area is 155 Å². The molecule has 2 aromatic rings. The maximum absolute atomic E-state index is 11.6. The Hall–Kier alpha value is -2.62. The zero-order valence-corrected chi connectivity index (χ0v) is 15.5. The molecule has 0 aromatic heterocycles. The van der Waals surface area contributed by atoms with E-state index in [2.05, 4.69) is 0 Å². The summed E-state index contributed by atoms with van der Waals surface area (Å²) < 4.78 is 10.6. The molecule has 0 heterocycles. The summed E-state index contributed by atoms with van der Waals surface area (Å²) in [7, 11) is 0. The normalized spacial score (nSPS) is 10.4. The Morgan fingerprint density at radius 3 is 2.15 bits per heavy atom. The van der Waals surface area contributed by atoms with E-state index in [1.165, 1.54) is 0 Å². The summed E-state index contributed by atoms with van der Waals surface area (Å²) in [6.45, 7) is 4.42. The van der Waals surface area contributed by atoms with E-state index in [1.807, 2.05) is 62.4 Å². The third kappa shape index (κ3) is 6.03. The molecule has 0 aliphatic carbocycles. The number of ether oxygens (including phenoxy) is 2. The molecule has 0 N–H and O–H groups in total. The Morgan fingerprint density at radius 1 is 0.808 bits per heavy atom. The molecule has 0 aliphatic heterocycles. The van der Waals surface area contributed by atoms with E-state index in [0.717, 1.165) is 35.1 Å². The minimum Gasteiger partial charge on any atom is -0.461 e. The fraction of sp³-hybridized carbons (Fsp3) is 0.364. The molecule has 0 aliphatic rings. The van der Waals surface area contributed by atoms with Crippen LogP contribution in [0.3, 0.4) is 0 Å². The lowest BCUT2D eigenvalue weighted by Crippen LogP contribution is -2.05. The molecular formula is C22H26O4. The van der Waals surface area contributed by atoms with Gasteiger partial charge in [-0.25, -0.2) is 0 Å². The van der Waals surface area contributed by atoms with Crippen LogP contribution in [0, 0.1) is 0 Å². The molecule has 0 atom stereocenters. The number of carbonyl (C=O) groups excluding carboxylic acids is 2. The summed E-state index contributed by atoms with van der Waals surface area (Å²) in [5.41, 5.74) is 3.91. The van der Waals surface area contributed by atoms with Crippen LogP contribution in [-0.2, 0) is 32.3 Å². The smallest absolute Gasteiger partial charge is 0.306 e. The predicted octanol–water partition coefficient (Wildman–Crippen LogP) is 5.04. The summed E-state index contributed by atoms with van der Waals surface area (Å²) in [4.78, 5) is 23.2. The van der Waals surface area contributed by atoms with E-state index in [4.69, 9.17) is 9.47 Å². The molecule has 0 fully saturated rings. The summed E-state index contributed by atoms with van der Waals surface area (Å²) in [6.07, 6.45) is 2.43. The highest BCUT2D eigenvalue weighted by Crippen LogP contribution is 2.25. The number of hydrogen-bond donors (Lipinski definition) is 0. The lowest BCUT2D eigenvalue weighted by molar-refractivity contribution is -0.145. The quantitative estimate of drug-likeness (QED) is 0.592. The first-order valence-corrected chi connectivity index (χ1v) is 9.12. The van der Waals surface area contributed by atoms with Crippen LogP contribution in [0.2, 0.25) is 0 Å². The highest BCUT2D eigenvalue weighted by Gasteiger charge is 2.09. The molecule has 0 saturated heterocycles. The van der Waals surface area contributed by atoms with Gasteiger partial charge in [0.2, 0.25) is 0 Å². The van der Waals surface area contributed by atoms with Gasteiger partial charge in [0.1, 0.15) is 13.2 Å². The summed E-state index contributed by atoms with van der Waals surface area (Å²) in [6, 6.07) is 15.7. The van der Waals surface area contributed by atoms with Crippen LogP contribution in [0.5, 0.6) is 0 Å². The molecular weight excluding hydrogens is 328 g/mol. The third-order valence-electron chi connectivity index (χ3n) is 3.95. The maximum atomic E-state index is 11.6. The van der Waals surface area contributed by atoms with Crippen molar-refractivity contribution in [3.63, 3.8) is 0 Å². The highest BCUT2D eigenvalue weighted by atomic mass is 16.5. The molecule has 0 radical (unpaired) electrons. The van der Waals surface area contributed by atoms with Crippen molar-refractivity contribution < 1.29 is 19.1 Å². The Kier molecular flexibility index (Phi) is 7.87. The molecule has 0 bridgehead atoms. The predicted molar refractivity (Wildman–Crippen MR) is 101 cm³/mol. The average molecular weight is 354 g/mol. The Balaban J connectivity index is 2.11. The third-order valence-corrected chi connectivity index (χ3v) is 3.95. The summed E-state index contributed by atoms with van der Waals surface area (Å²) in [5, 5.41) is 0. The topological polar surface area (TPSA) is 52.6 Å². The number of carbonyl (C=O) groups is 2. The van der Waals surface area contributed by atoms with E-state index < -0.39 is 0 Å². The summed E-state index contributed by atoms with van der Waals surface area (Å²) in [5.74, 6) is -0.361. The second-order valence-electron chi connectivity index (χ2n) is 6.18. The van der Waals surface area contributed by atoms with Crippen LogP contribution in [0.15, 0.2) is 48.5 Å². The van der Waals surface area contributed by atoms with Gasteiger partial charge < -0.3 is 9.47 Å². The standard InChI is InChI=1S/C22H26O4/c1-3-8-21(23)25-15-17-10-7-12-18(14-17)20-13-6-5-11-19(20)16-26-22(24)9-4-2/h5-7,10-14H,3-4,8-9,15-16H2,1-2H3. The molecule has 0 saturated carbocycles.